The number of methoxy groups -OCH3 is 2. The SMILES string of the molecule is COCCNC(=S)N1CCN(S(=O)(=O)c2c(C)oc(C)c2C(=O)OC)CC1. The number of hydrogen-bond donors (Lipinski definition) is 1. The van der Waals surface area contributed by atoms with Crippen LogP contribution in [0.4, 0.5) is 0 Å². The maximum absolute atomic E-state index is 13.1. The number of aryl methyl sites for hydroxylation is 2. The third kappa shape index (κ3) is 4.60. The molecule has 1 fully saturated rings. The highest BCUT2D eigenvalue weighted by molar-refractivity contribution is 7.89. The Kier molecular flexibility index (Phi) is 7.20. The van der Waals surface area contributed by atoms with Crippen LogP contribution in [0.2, 0.25) is 0 Å². The van der Waals surface area contributed by atoms with Crippen molar-refractivity contribution in [3.05, 3.63) is 17.1 Å². The zero-order valence-electron chi connectivity index (χ0n) is 15.9. The molecule has 1 saturated heterocycles. The molecule has 2 rings (SSSR count). The standard InChI is InChI=1S/C16H25N3O6S2/c1-11-13(15(20)24-4)14(12(2)25-11)27(21,22)19-8-6-18(7-9-19)16(26)17-5-10-23-3/h5-10H2,1-4H3,(H,17,26). The van der Waals surface area contributed by atoms with E-state index >= 15 is 0 Å². The van der Waals surface area contributed by atoms with Crippen LogP contribution in [0.1, 0.15) is 21.9 Å². The van der Waals surface area contributed by atoms with Gasteiger partial charge in [-0.3, -0.25) is 0 Å². The summed E-state index contributed by atoms with van der Waals surface area (Å²) in [6.45, 7) is 5.58. The summed E-state index contributed by atoms with van der Waals surface area (Å²) in [4.78, 5) is 13.8. The maximum Gasteiger partial charge on any atom is 0.342 e. The second-order valence-corrected chi connectivity index (χ2v) is 8.29. The molecule has 0 amide bonds. The third-order valence-electron chi connectivity index (χ3n) is 4.30. The van der Waals surface area contributed by atoms with E-state index in [-0.39, 0.29) is 35.1 Å². The Morgan fingerprint density at radius 3 is 2.37 bits per heavy atom. The number of furan rings is 1. The summed E-state index contributed by atoms with van der Waals surface area (Å²) >= 11 is 5.32. The number of sulfonamides is 1. The lowest BCUT2D eigenvalue weighted by atomic mass is 10.2. The smallest absolute Gasteiger partial charge is 0.342 e. The van der Waals surface area contributed by atoms with Crippen LogP contribution in [0.3, 0.4) is 0 Å². The van der Waals surface area contributed by atoms with E-state index in [4.69, 9.17) is 26.1 Å². The quantitative estimate of drug-likeness (QED) is 0.401. The largest absolute Gasteiger partial charge is 0.465 e. The first-order valence-corrected chi connectivity index (χ1v) is 10.3. The molecule has 152 valence electrons. The highest BCUT2D eigenvalue weighted by atomic mass is 32.2. The second-order valence-electron chi connectivity index (χ2n) is 6.03. The number of ether oxygens (including phenoxy) is 2. The highest BCUT2D eigenvalue weighted by Gasteiger charge is 2.37. The number of nitrogens with one attached hydrogen (secondary N) is 1. The fraction of sp³-hybridized carbons (Fsp3) is 0.625. The molecule has 1 N–H and O–H groups in total. The van der Waals surface area contributed by atoms with Crippen LogP contribution in [0, 0.1) is 13.8 Å². The number of hydrogen-bond acceptors (Lipinski definition) is 7. The van der Waals surface area contributed by atoms with Gasteiger partial charge in [-0.15, -0.1) is 0 Å². The summed E-state index contributed by atoms with van der Waals surface area (Å²) in [7, 11) is -1.09. The first-order valence-electron chi connectivity index (χ1n) is 8.44. The minimum Gasteiger partial charge on any atom is -0.465 e. The number of nitrogens with zero attached hydrogens (tertiary/aromatic N) is 2. The molecule has 0 aromatic carbocycles. The minimum atomic E-state index is -3.90. The molecule has 1 aromatic heterocycles. The second kappa shape index (κ2) is 9.00. The van der Waals surface area contributed by atoms with Gasteiger partial charge in [-0.05, 0) is 26.1 Å². The van der Waals surface area contributed by atoms with Crippen molar-refractivity contribution in [3.63, 3.8) is 0 Å². The number of carbonyl (C=O) groups is 1. The molecular weight excluding hydrogens is 394 g/mol. The average Bonchev–Trinajstić information content (AvgIpc) is 2.95. The van der Waals surface area contributed by atoms with Crippen molar-refractivity contribution < 1.29 is 27.1 Å². The van der Waals surface area contributed by atoms with E-state index in [2.05, 4.69) is 5.32 Å². The first kappa shape index (κ1) is 21.6. The Labute approximate surface area is 164 Å². The molecule has 9 nitrogen and oxygen atoms in total. The average molecular weight is 420 g/mol. The van der Waals surface area contributed by atoms with Crippen molar-refractivity contribution in [1.82, 2.24) is 14.5 Å². The predicted octanol–water partition coefficient (Wildman–Crippen LogP) is 0.510. The van der Waals surface area contributed by atoms with Gasteiger partial charge in [-0.25, -0.2) is 13.2 Å². The van der Waals surface area contributed by atoms with Crippen LogP contribution in [-0.4, -0.2) is 82.3 Å². The molecule has 1 aliphatic rings. The number of piperazine rings is 1. The highest BCUT2D eigenvalue weighted by Crippen LogP contribution is 2.30. The van der Waals surface area contributed by atoms with Crippen LogP contribution in [0.25, 0.3) is 0 Å². The van der Waals surface area contributed by atoms with Crippen molar-refractivity contribution in [1.29, 1.82) is 0 Å². The van der Waals surface area contributed by atoms with Gasteiger partial charge < -0.3 is 24.1 Å². The van der Waals surface area contributed by atoms with Gasteiger partial charge in [0.2, 0.25) is 10.0 Å². The summed E-state index contributed by atoms with van der Waals surface area (Å²) in [5, 5.41) is 3.64. The number of rotatable bonds is 6. The molecule has 27 heavy (non-hydrogen) atoms. The van der Waals surface area contributed by atoms with Gasteiger partial charge in [-0.1, -0.05) is 0 Å². The Hall–Kier alpha value is -1.69. The Balaban J connectivity index is 2.14. The van der Waals surface area contributed by atoms with Gasteiger partial charge >= 0.3 is 5.97 Å². The monoisotopic (exact) mass is 419 g/mol. The zero-order valence-corrected chi connectivity index (χ0v) is 17.5. The summed E-state index contributed by atoms with van der Waals surface area (Å²) in [6.07, 6.45) is 0. The van der Waals surface area contributed by atoms with Crippen molar-refractivity contribution in [2.45, 2.75) is 18.7 Å². The molecule has 1 aromatic rings. The fourth-order valence-electron chi connectivity index (χ4n) is 2.94. The van der Waals surface area contributed by atoms with Crippen molar-refractivity contribution in [2.75, 3.05) is 53.6 Å². The predicted molar refractivity (Wildman–Crippen MR) is 102 cm³/mol. The topological polar surface area (TPSA) is 101 Å². The molecule has 0 bridgehead atoms. The van der Waals surface area contributed by atoms with Gasteiger partial charge in [0.05, 0.1) is 13.7 Å². The van der Waals surface area contributed by atoms with Gasteiger partial charge in [-0.2, -0.15) is 4.31 Å². The van der Waals surface area contributed by atoms with E-state index < -0.39 is 16.0 Å². The summed E-state index contributed by atoms with van der Waals surface area (Å²) < 4.78 is 42.7. The Morgan fingerprint density at radius 2 is 1.81 bits per heavy atom. The van der Waals surface area contributed by atoms with Crippen molar-refractivity contribution >= 4 is 33.3 Å². The number of carbonyl (C=O) groups excluding carboxylic acids is 1. The van der Waals surface area contributed by atoms with Gasteiger partial charge in [0.25, 0.3) is 0 Å². The lowest BCUT2D eigenvalue weighted by Crippen LogP contribution is -2.53. The van der Waals surface area contributed by atoms with Crippen LogP contribution < -0.4 is 5.32 Å². The third-order valence-corrected chi connectivity index (χ3v) is 6.76. The molecule has 0 radical (unpaired) electrons. The first-order chi connectivity index (χ1) is 12.7. The number of esters is 1. The molecule has 11 heteroatoms. The van der Waals surface area contributed by atoms with Crippen molar-refractivity contribution in [3.8, 4) is 0 Å². The van der Waals surface area contributed by atoms with Gasteiger partial charge in [0.1, 0.15) is 22.0 Å². The molecule has 2 heterocycles. The van der Waals surface area contributed by atoms with Crippen LogP contribution in [0.15, 0.2) is 9.31 Å². The summed E-state index contributed by atoms with van der Waals surface area (Å²) in [6, 6.07) is 0. The molecular formula is C16H25N3O6S2. The normalized spacial score (nSPS) is 15.6. The molecule has 0 saturated carbocycles. The van der Waals surface area contributed by atoms with E-state index in [0.717, 1.165) is 0 Å². The Bertz CT molecular complexity index is 797. The van der Waals surface area contributed by atoms with E-state index in [1.165, 1.54) is 18.3 Å². The molecule has 0 atom stereocenters. The number of thiocarbonyl (C=S) groups is 1. The fourth-order valence-corrected chi connectivity index (χ4v) is 5.02. The van der Waals surface area contributed by atoms with E-state index in [1.54, 1.807) is 14.0 Å². The van der Waals surface area contributed by atoms with Crippen LogP contribution in [0.5, 0.6) is 0 Å². The molecule has 0 spiro atoms. The van der Waals surface area contributed by atoms with Crippen LogP contribution in [-0.2, 0) is 19.5 Å². The van der Waals surface area contributed by atoms with Crippen LogP contribution >= 0.6 is 12.2 Å². The lowest BCUT2D eigenvalue weighted by Gasteiger charge is -2.35. The zero-order chi connectivity index (χ0) is 20.2. The molecule has 1 aliphatic heterocycles. The van der Waals surface area contributed by atoms with Gasteiger partial charge in [0.15, 0.2) is 5.11 Å². The molecule has 0 aliphatic carbocycles. The van der Waals surface area contributed by atoms with E-state index in [9.17, 15) is 13.2 Å². The summed E-state index contributed by atoms with van der Waals surface area (Å²) in [5.74, 6) is -0.336. The lowest BCUT2D eigenvalue weighted by molar-refractivity contribution is 0.0594. The van der Waals surface area contributed by atoms with Crippen molar-refractivity contribution in [2.24, 2.45) is 0 Å². The minimum absolute atomic E-state index is 0.0471. The summed E-state index contributed by atoms with van der Waals surface area (Å²) in [5.41, 5.74) is -0.0471. The maximum atomic E-state index is 13.1. The van der Waals surface area contributed by atoms with E-state index in [0.29, 0.717) is 31.4 Å². The van der Waals surface area contributed by atoms with E-state index in [1.807, 2.05) is 4.90 Å². The molecule has 0 unspecified atom stereocenters. The van der Waals surface area contributed by atoms with Gasteiger partial charge in [0, 0.05) is 39.8 Å². The Morgan fingerprint density at radius 1 is 1.19 bits per heavy atom.